The van der Waals surface area contributed by atoms with Crippen molar-refractivity contribution >= 4 is 22.4 Å². The lowest BCUT2D eigenvalue weighted by atomic mass is 9.91. The van der Waals surface area contributed by atoms with E-state index in [1.54, 1.807) is 0 Å². The van der Waals surface area contributed by atoms with Gasteiger partial charge in [0.2, 0.25) is 10.0 Å². The van der Waals surface area contributed by atoms with Crippen LogP contribution in [-0.4, -0.2) is 47.0 Å². The van der Waals surface area contributed by atoms with Gasteiger partial charge in [0.25, 0.3) is 0 Å². The van der Waals surface area contributed by atoms with Crippen LogP contribution in [0.2, 0.25) is 0 Å². The molecule has 3 unspecified atom stereocenters. The van der Waals surface area contributed by atoms with Crippen molar-refractivity contribution in [1.82, 2.24) is 10.0 Å². The summed E-state index contributed by atoms with van der Waals surface area (Å²) in [4.78, 5) is 0. The van der Waals surface area contributed by atoms with E-state index in [9.17, 15) is 8.42 Å². The summed E-state index contributed by atoms with van der Waals surface area (Å²) in [6, 6.07) is 0. The zero-order valence-corrected chi connectivity index (χ0v) is 11.6. The number of hydrogen-bond donors (Lipinski definition) is 2. The highest BCUT2D eigenvalue weighted by molar-refractivity contribution is 7.89. The molecule has 102 valence electrons. The van der Waals surface area contributed by atoms with Gasteiger partial charge in [0.05, 0.1) is 11.9 Å². The molecular weight excluding hydrogens is 264 g/mol. The van der Waals surface area contributed by atoms with Crippen molar-refractivity contribution in [2.45, 2.75) is 18.9 Å². The SMILES string of the molecule is CNS(=O)(=O)CC1CNCC1C1CCCO1.Cl. The topological polar surface area (TPSA) is 67.4 Å². The third-order valence-electron chi connectivity index (χ3n) is 3.58. The van der Waals surface area contributed by atoms with Crippen LogP contribution in [0.1, 0.15) is 12.8 Å². The Kier molecular flexibility index (Phi) is 5.66. The van der Waals surface area contributed by atoms with Crippen molar-refractivity contribution in [3.05, 3.63) is 0 Å². The van der Waals surface area contributed by atoms with Crippen molar-refractivity contribution in [3.8, 4) is 0 Å². The fraction of sp³-hybridized carbons (Fsp3) is 1.00. The zero-order chi connectivity index (χ0) is 11.6. The first-order valence-corrected chi connectivity index (χ1v) is 7.51. The molecule has 2 heterocycles. The zero-order valence-electron chi connectivity index (χ0n) is 10.0. The van der Waals surface area contributed by atoms with E-state index in [0.29, 0.717) is 5.92 Å². The number of sulfonamides is 1. The standard InChI is InChI=1S/C10H20N2O3S.ClH/c1-11-16(13,14)7-8-5-12-6-9(8)10-3-2-4-15-10;/h8-12H,2-7H2,1H3;1H. The Morgan fingerprint density at radius 2 is 2.18 bits per heavy atom. The van der Waals surface area contributed by atoms with E-state index in [-0.39, 0.29) is 30.2 Å². The van der Waals surface area contributed by atoms with Gasteiger partial charge in [-0.2, -0.15) is 0 Å². The first-order chi connectivity index (χ1) is 7.62. The molecule has 0 amide bonds. The van der Waals surface area contributed by atoms with Crippen molar-refractivity contribution in [3.63, 3.8) is 0 Å². The molecule has 0 aromatic heterocycles. The molecule has 0 aromatic rings. The third kappa shape index (κ3) is 3.79. The van der Waals surface area contributed by atoms with Crippen molar-refractivity contribution in [1.29, 1.82) is 0 Å². The summed E-state index contributed by atoms with van der Waals surface area (Å²) in [6.45, 7) is 2.49. The Morgan fingerprint density at radius 3 is 2.76 bits per heavy atom. The number of nitrogens with one attached hydrogen (secondary N) is 2. The van der Waals surface area contributed by atoms with E-state index < -0.39 is 10.0 Å². The lowest BCUT2D eigenvalue weighted by Gasteiger charge is -2.23. The van der Waals surface area contributed by atoms with Gasteiger partial charge in [-0.05, 0) is 32.4 Å². The molecular formula is C10H21ClN2O3S. The van der Waals surface area contributed by atoms with Gasteiger partial charge in [-0.1, -0.05) is 0 Å². The van der Waals surface area contributed by atoms with Crippen LogP contribution in [-0.2, 0) is 14.8 Å². The molecule has 2 aliphatic rings. The minimum atomic E-state index is -3.11. The van der Waals surface area contributed by atoms with Gasteiger partial charge in [-0.3, -0.25) is 0 Å². The largest absolute Gasteiger partial charge is 0.378 e. The van der Waals surface area contributed by atoms with Gasteiger partial charge < -0.3 is 10.1 Å². The number of rotatable bonds is 4. The molecule has 0 spiro atoms. The highest BCUT2D eigenvalue weighted by Gasteiger charge is 2.37. The van der Waals surface area contributed by atoms with Gasteiger partial charge in [0, 0.05) is 19.1 Å². The van der Waals surface area contributed by atoms with Crippen LogP contribution in [0, 0.1) is 11.8 Å². The van der Waals surface area contributed by atoms with Gasteiger partial charge >= 0.3 is 0 Å². The second kappa shape index (κ2) is 6.33. The lowest BCUT2D eigenvalue weighted by Crippen LogP contribution is -2.34. The van der Waals surface area contributed by atoms with Crippen LogP contribution in [0.25, 0.3) is 0 Å². The summed E-state index contributed by atoms with van der Waals surface area (Å²) < 4.78 is 31.1. The van der Waals surface area contributed by atoms with Crippen LogP contribution >= 0.6 is 12.4 Å². The van der Waals surface area contributed by atoms with Crippen molar-refractivity contribution < 1.29 is 13.2 Å². The molecule has 7 heteroatoms. The first-order valence-electron chi connectivity index (χ1n) is 5.86. The summed E-state index contributed by atoms with van der Waals surface area (Å²) in [5.74, 6) is 0.743. The van der Waals surface area contributed by atoms with Crippen LogP contribution in [0.15, 0.2) is 0 Å². The fourth-order valence-corrected chi connectivity index (χ4v) is 3.77. The molecule has 0 aliphatic carbocycles. The normalized spacial score (nSPS) is 33.6. The lowest BCUT2D eigenvalue weighted by molar-refractivity contribution is 0.0570. The summed E-state index contributed by atoms with van der Waals surface area (Å²) in [5, 5.41) is 3.27. The maximum atomic E-state index is 11.5. The van der Waals surface area contributed by atoms with Gasteiger partial charge in [-0.15, -0.1) is 12.4 Å². The third-order valence-corrected chi connectivity index (χ3v) is 5.07. The summed E-state index contributed by atoms with van der Waals surface area (Å²) in [6.07, 6.45) is 2.43. The smallest absolute Gasteiger partial charge is 0.211 e. The minimum Gasteiger partial charge on any atom is -0.378 e. The number of hydrogen-bond acceptors (Lipinski definition) is 4. The summed E-state index contributed by atoms with van der Waals surface area (Å²) in [7, 11) is -1.64. The van der Waals surface area contributed by atoms with Gasteiger partial charge in [0.1, 0.15) is 0 Å². The number of halogens is 1. The Morgan fingerprint density at radius 1 is 1.41 bits per heavy atom. The maximum absolute atomic E-state index is 11.5. The molecule has 2 rings (SSSR count). The van der Waals surface area contributed by atoms with Gasteiger partial charge in [0.15, 0.2) is 0 Å². The van der Waals surface area contributed by atoms with E-state index in [0.717, 1.165) is 32.5 Å². The first kappa shape index (κ1) is 15.2. The summed E-state index contributed by atoms with van der Waals surface area (Å²) >= 11 is 0. The fourth-order valence-electron chi connectivity index (χ4n) is 2.68. The molecule has 2 aliphatic heterocycles. The Balaban J connectivity index is 0.00000144. The molecule has 0 radical (unpaired) electrons. The van der Waals surface area contributed by atoms with Crippen molar-refractivity contribution in [2.24, 2.45) is 11.8 Å². The average molecular weight is 285 g/mol. The molecule has 0 saturated carbocycles. The molecule has 5 nitrogen and oxygen atoms in total. The van der Waals surface area contributed by atoms with E-state index in [1.165, 1.54) is 7.05 Å². The molecule has 3 atom stereocenters. The predicted molar refractivity (Wildman–Crippen MR) is 68.9 cm³/mol. The second-order valence-electron chi connectivity index (χ2n) is 4.62. The Bertz CT molecular complexity index is 330. The van der Waals surface area contributed by atoms with Crippen LogP contribution in [0.3, 0.4) is 0 Å². The van der Waals surface area contributed by atoms with Crippen LogP contribution in [0.5, 0.6) is 0 Å². The molecule has 0 bridgehead atoms. The van der Waals surface area contributed by atoms with E-state index in [4.69, 9.17) is 4.74 Å². The van der Waals surface area contributed by atoms with Gasteiger partial charge in [-0.25, -0.2) is 13.1 Å². The van der Waals surface area contributed by atoms with E-state index in [1.807, 2.05) is 0 Å². The quantitative estimate of drug-likeness (QED) is 0.761. The summed E-state index contributed by atoms with van der Waals surface area (Å²) in [5.41, 5.74) is 0. The highest BCUT2D eigenvalue weighted by Crippen LogP contribution is 2.29. The highest BCUT2D eigenvalue weighted by atomic mass is 35.5. The average Bonchev–Trinajstić information content (AvgIpc) is 2.86. The van der Waals surface area contributed by atoms with E-state index >= 15 is 0 Å². The Hall–Kier alpha value is 0.120. The minimum absolute atomic E-state index is 0. The predicted octanol–water partition coefficient (Wildman–Crippen LogP) is -0.0280. The molecule has 17 heavy (non-hydrogen) atoms. The van der Waals surface area contributed by atoms with Crippen LogP contribution in [0.4, 0.5) is 0 Å². The Labute approximate surface area is 109 Å². The number of ether oxygens (including phenoxy) is 1. The molecule has 2 fully saturated rings. The maximum Gasteiger partial charge on any atom is 0.211 e. The molecule has 0 aromatic carbocycles. The second-order valence-corrected chi connectivity index (χ2v) is 6.59. The monoisotopic (exact) mass is 284 g/mol. The molecule has 2 saturated heterocycles. The van der Waals surface area contributed by atoms with E-state index in [2.05, 4.69) is 10.0 Å². The van der Waals surface area contributed by atoms with Crippen molar-refractivity contribution in [2.75, 3.05) is 32.5 Å². The van der Waals surface area contributed by atoms with Crippen LogP contribution < -0.4 is 10.0 Å². The molecule has 2 N–H and O–H groups in total.